The number of carbonyl (C=O) groups is 1. The Morgan fingerprint density at radius 1 is 1.36 bits per heavy atom. The van der Waals surface area contributed by atoms with Gasteiger partial charge in [0.05, 0.1) is 6.61 Å². The summed E-state index contributed by atoms with van der Waals surface area (Å²) >= 11 is 0. The molecule has 0 saturated carbocycles. The fraction of sp³-hybridized carbons (Fsp3) is 0.889. The summed E-state index contributed by atoms with van der Waals surface area (Å²) in [7, 11) is 0. The molecule has 0 aromatic rings. The number of hydroxylamine groups is 1. The van der Waals surface area contributed by atoms with Crippen molar-refractivity contribution in [1.82, 2.24) is 10.4 Å². The Labute approximate surface area is 84.5 Å². The van der Waals surface area contributed by atoms with Crippen molar-refractivity contribution in [2.45, 2.75) is 25.7 Å². The van der Waals surface area contributed by atoms with E-state index in [1.165, 1.54) is 32.4 Å². The van der Waals surface area contributed by atoms with Crippen LogP contribution >= 0.6 is 0 Å². The van der Waals surface area contributed by atoms with Gasteiger partial charge in [0.1, 0.15) is 0 Å². The second-order valence-electron chi connectivity index (χ2n) is 3.57. The monoisotopic (exact) mass is 201 g/mol. The topological polar surface area (TPSA) is 67.6 Å². The van der Waals surface area contributed by atoms with Crippen molar-refractivity contribution in [3.05, 3.63) is 0 Å². The van der Waals surface area contributed by atoms with Crippen LogP contribution in [0, 0.1) is 0 Å². The molecule has 0 aliphatic carbocycles. The van der Waals surface area contributed by atoms with E-state index in [1.54, 1.807) is 0 Å². The summed E-state index contributed by atoms with van der Waals surface area (Å²) in [6.45, 7) is 3.96. The Morgan fingerprint density at radius 2 is 2.07 bits per heavy atom. The van der Waals surface area contributed by atoms with E-state index in [-0.39, 0.29) is 0 Å². The third kappa shape index (κ3) is 5.04. The Bertz CT molecular complexity index is 169. The first-order valence-corrected chi connectivity index (χ1v) is 5.18. The van der Waals surface area contributed by atoms with Crippen molar-refractivity contribution in [3.63, 3.8) is 0 Å². The number of hydrogen-bond donors (Lipinski definition) is 2. The predicted octanol–water partition coefficient (Wildman–Crippen LogP) is 0.462. The SMILES string of the molecule is NC(=O)NOCCCN1CCCCC1. The fourth-order valence-electron chi connectivity index (χ4n) is 1.67. The van der Waals surface area contributed by atoms with Gasteiger partial charge in [-0.15, -0.1) is 0 Å². The first-order valence-electron chi connectivity index (χ1n) is 5.18. The minimum atomic E-state index is -0.636. The van der Waals surface area contributed by atoms with Crippen molar-refractivity contribution >= 4 is 6.03 Å². The number of likely N-dealkylation sites (tertiary alicyclic amines) is 1. The number of amides is 2. The van der Waals surface area contributed by atoms with E-state index in [0.29, 0.717) is 6.61 Å². The lowest BCUT2D eigenvalue weighted by Gasteiger charge is -2.26. The maximum Gasteiger partial charge on any atom is 0.336 e. The van der Waals surface area contributed by atoms with Gasteiger partial charge in [0.15, 0.2) is 0 Å². The third-order valence-corrected chi connectivity index (χ3v) is 2.34. The lowest BCUT2D eigenvalue weighted by Crippen LogP contribution is -2.33. The van der Waals surface area contributed by atoms with E-state index in [1.807, 2.05) is 0 Å². The molecule has 0 spiro atoms. The minimum absolute atomic E-state index is 0.527. The number of hydrogen-bond acceptors (Lipinski definition) is 3. The van der Waals surface area contributed by atoms with Crippen LogP contribution in [-0.4, -0.2) is 37.2 Å². The number of urea groups is 1. The van der Waals surface area contributed by atoms with E-state index in [0.717, 1.165) is 13.0 Å². The smallest absolute Gasteiger partial charge is 0.336 e. The third-order valence-electron chi connectivity index (χ3n) is 2.34. The molecule has 1 heterocycles. The minimum Gasteiger partial charge on any atom is -0.350 e. The van der Waals surface area contributed by atoms with E-state index in [4.69, 9.17) is 10.6 Å². The number of piperidine rings is 1. The molecule has 5 nitrogen and oxygen atoms in total. The van der Waals surface area contributed by atoms with Gasteiger partial charge in [0.25, 0.3) is 0 Å². The average molecular weight is 201 g/mol. The highest BCUT2D eigenvalue weighted by molar-refractivity contribution is 5.70. The molecule has 5 heteroatoms. The van der Waals surface area contributed by atoms with Gasteiger partial charge >= 0.3 is 6.03 Å². The molecule has 0 aromatic heterocycles. The van der Waals surface area contributed by atoms with Crippen molar-refractivity contribution < 1.29 is 9.63 Å². The molecule has 0 radical (unpaired) electrons. The van der Waals surface area contributed by atoms with Crippen LogP contribution in [0.1, 0.15) is 25.7 Å². The zero-order chi connectivity index (χ0) is 10.2. The summed E-state index contributed by atoms with van der Waals surface area (Å²) in [5, 5.41) is 0. The summed E-state index contributed by atoms with van der Waals surface area (Å²) in [5.74, 6) is 0. The molecule has 1 fully saturated rings. The van der Waals surface area contributed by atoms with Crippen LogP contribution in [0.4, 0.5) is 4.79 Å². The van der Waals surface area contributed by atoms with Gasteiger partial charge in [-0.1, -0.05) is 6.42 Å². The van der Waals surface area contributed by atoms with Gasteiger partial charge in [0.2, 0.25) is 0 Å². The lowest BCUT2D eigenvalue weighted by molar-refractivity contribution is 0.0562. The number of rotatable bonds is 5. The molecule has 3 N–H and O–H groups in total. The summed E-state index contributed by atoms with van der Waals surface area (Å²) in [6, 6.07) is -0.636. The Kier molecular flexibility index (Phi) is 5.32. The van der Waals surface area contributed by atoms with Gasteiger partial charge in [-0.25, -0.2) is 10.3 Å². The van der Waals surface area contributed by atoms with Crippen LogP contribution in [0.25, 0.3) is 0 Å². The van der Waals surface area contributed by atoms with Crippen LogP contribution < -0.4 is 11.2 Å². The quantitative estimate of drug-likeness (QED) is 0.501. The van der Waals surface area contributed by atoms with Crippen LogP contribution in [0.15, 0.2) is 0 Å². The molecule has 0 unspecified atom stereocenters. The molecule has 2 amide bonds. The molecular weight excluding hydrogens is 182 g/mol. The normalized spacial score (nSPS) is 18.0. The standard InChI is InChI=1S/C9H19N3O2/c10-9(13)11-14-8-4-7-12-5-2-1-3-6-12/h1-8H2,(H3,10,11,13). The van der Waals surface area contributed by atoms with Crippen molar-refractivity contribution in [2.24, 2.45) is 5.73 Å². The first kappa shape index (κ1) is 11.3. The predicted molar refractivity (Wildman–Crippen MR) is 53.6 cm³/mol. The molecule has 0 aromatic carbocycles. The second-order valence-corrected chi connectivity index (χ2v) is 3.57. The van der Waals surface area contributed by atoms with Crippen molar-refractivity contribution in [2.75, 3.05) is 26.2 Å². The number of carbonyl (C=O) groups excluding carboxylic acids is 1. The van der Waals surface area contributed by atoms with E-state index in [2.05, 4.69) is 10.4 Å². The molecule has 1 saturated heterocycles. The van der Waals surface area contributed by atoms with Gasteiger partial charge in [-0.2, -0.15) is 0 Å². The van der Waals surface area contributed by atoms with Gasteiger partial charge in [-0.3, -0.25) is 4.84 Å². The molecule has 1 aliphatic heterocycles. The second kappa shape index (κ2) is 6.62. The number of nitrogens with two attached hydrogens (primary N) is 1. The van der Waals surface area contributed by atoms with Crippen LogP contribution in [0.5, 0.6) is 0 Å². The molecule has 1 rings (SSSR count). The van der Waals surface area contributed by atoms with Crippen molar-refractivity contribution in [1.29, 1.82) is 0 Å². The maximum atomic E-state index is 10.2. The first-order chi connectivity index (χ1) is 6.79. The summed E-state index contributed by atoms with van der Waals surface area (Å²) in [5.41, 5.74) is 6.94. The zero-order valence-corrected chi connectivity index (χ0v) is 8.50. The van der Waals surface area contributed by atoms with Crippen LogP contribution in [-0.2, 0) is 4.84 Å². The molecule has 1 aliphatic rings. The van der Waals surface area contributed by atoms with E-state index < -0.39 is 6.03 Å². The Balaban J connectivity index is 1.90. The maximum absolute atomic E-state index is 10.2. The molecule has 0 bridgehead atoms. The molecule has 0 atom stereocenters. The average Bonchev–Trinajstić information content (AvgIpc) is 2.18. The highest BCUT2D eigenvalue weighted by atomic mass is 16.7. The number of nitrogens with one attached hydrogen (secondary N) is 1. The highest BCUT2D eigenvalue weighted by Gasteiger charge is 2.08. The Hall–Kier alpha value is -0.810. The Morgan fingerprint density at radius 3 is 2.71 bits per heavy atom. The number of nitrogens with zero attached hydrogens (tertiary/aromatic N) is 1. The van der Waals surface area contributed by atoms with Gasteiger partial charge in [-0.05, 0) is 32.4 Å². The molecular formula is C9H19N3O2. The van der Waals surface area contributed by atoms with Gasteiger partial charge in [0, 0.05) is 6.54 Å². The number of primary amides is 1. The molecule has 14 heavy (non-hydrogen) atoms. The van der Waals surface area contributed by atoms with Crippen LogP contribution in [0.2, 0.25) is 0 Å². The summed E-state index contributed by atoms with van der Waals surface area (Å²) < 4.78 is 0. The largest absolute Gasteiger partial charge is 0.350 e. The molecule has 82 valence electrons. The summed E-state index contributed by atoms with van der Waals surface area (Å²) in [4.78, 5) is 17.5. The highest BCUT2D eigenvalue weighted by Crippen LogP contribution is 2.08. The summed E-state index contributed by atoms with van der Waals surface area (Å²) in [6.07, 6.45) is 4.90. The van der Waals surface area contributed by atoms with Crippen molar-refractivity contribution in [3.8, 4) is 0 Å². The van der Waals surface area contributed by atoms with E-state index >= 15 is 0 Å². The van der Waals surface area contributed by atoms with E-state index in [9.17, 15) is 4.79 Å². The van der Waals surface area contributed by atoms with Gasteiger partial charge < -0.3 is 10.6 Å². The fourth-order valence-corrected chi connectivity index (χ4v) is 1.67. The zero-order valence-electron chi connectivity index (χ0n) is 8.50. The van der Waals surface area contributed by atoms with Crippen LogP contribution in [0.3, 0.4) is 0 Å². The lowest BCUT2D eigenvalue weighted by atomic mass is 10.1.